The molecule has 0 spiro atoms. The molecule has 28 heavy (non-hydrogen) atoms. The van der Waals surface area contributed by atoms with Gasteiger partial charge in [0.2, 0.25) is 5.91 Å². The maximum Gasteiger partial charge on any atom is 0.220 e. The first kappa shape index (κ1) is 26.5. The molecule has 4 heteroatoms. The lowest BCUT2D eigenvalue weighted by atomic mass is 10.2. The Morgan fingerprint density at radius 1 is 0.821 bits per heavy atom. The predicted octanol–water partition coefficient (Wildman–Crippen LogP) is 5.72. The Morgan fingerprint density at radius 2 is 1.36 bits per heavy atom. The van der Waals surface area contributed by atoms with Crippen LogP contribution in [0.15, 0.2) is 60.8 Å². The third kappa shape index (κ3) is 22.5. The van der Waals surface area contributed by atoms with Crippen LogP contribution in [-0.4, -0.2) is 30.5 Å². The summed E-state index contributed by atoms with van der Waals surface area (Å²) in [6.45, 7) is 3.60. The van der Waals surface area contributed by atoms with Crippen molar-refractivity contribution in [3.05, 3.63) is 60.8 Å². The molecular weight excluding hydrogens is 364 g/mol. The summed E-state index contributed by atoms with van der Waals surface area (Å²) in [5.74, 6) is 2.05. The minimum absolute atomic E-state index is 0.153. The van der Waals surface area contributed by atoms with E-state index in [1.165, 1.54) is 0 Å². The van der Waals surface area contributed by atoms with Gasteiger partial charge < -0.3 is 11.1 Å². The van der Waals surface area contributed by atoms with Gasteiger partial charge in [0.25, 0.3) is 0 Å². The van der Waals surface area contributed by atoms with Crippen LogP contribution in [0.5, 0.6) is 0 Å². The molecule has 0 radical (unpaired) electrons. The normalized spacial score (nSPS) is 12.5. The van der Waals surface area contributed by atoms with Crippen molar-refractivity contribution in [1.82, 2.24) is 5.32 Å². The van der Waals surface area contributed by atoms with E-state index in [4.69, 9.17) is 5.73 Å². The number of thioether (sulfide) groups is 1. The lowest BCUT2D eigenvalue weighted by Crippen LogP contribution is -2.25. The molecule has 0 aliphatic carbocycles. The van der Waals surface area contributed by atoms with Crippen LogP contribution in [0.2, 0.25) is 0 Å². The van der Waals surface area contributed by atoms with Gasteiger partial charge in [0, 0.05) is 31.0 Å². The summed E-state index contributed by atoms with van der Waals surface area (Å²) in [6, 6.07) is 0. The minimum Gasteiger partial charge on any atom is -0.355 e. The maximum atomic E-state index is 11.6. The highest BCUT2D eigenvalue weighted by Gasteiger charge is 1.98. The summed E-state index contributed by atoms with van der Waals surface area (Å²) >= 11 is 1.78. The van der Waals surface area contributed by atoms with Gasteiger partial charge in [-0.2, -0.15) is 11.8 Å². The molecule has 0 aromatic rings. The number of carbonyl (C=O) groups is 1. The highest BCUT2D eigenvalue weighted by Crippen LogP contribution is 2.00. The van der Waals surface area contributed by atoms with Gasteiger partial charge in [-0.25, -0.2) is 0 Å². The molecule has 3 nitrogen and oxygen atoms in total. The van der Waals surface area contributed by atoms with Gasteiger partial charge >= 0.3 is 0 Å². The van der Waals surface area contributed by atoms with Crippen molar-refractivity contribution in [2.24, 2.45) is 5.73 Å². The summed E-state index contributed by atoms with van der Waals surface area (Å²) in [4.78, 5) is 11.6. The number of unbranched alkanes of at least 4 members (excludes halogenated alkanes) is 1. The van der Waals surface area contributed by atoms with Crippen molar-refractivity contribution in [2.75, 3.05) is 24.6 Å². The first-order chi connectivity index (χ1) is 13.8. The number of amides is 1. The van der Waals surface area contributed by atoms with E-state index < -0.39 is 0 Å². The monoisotopic (exact) mass is 404 g/mol. The zero-order valence-corrected chi connectivity index (χ0v) is 18.5. The molecule has 0 unspecified atom stereocenters. The second kappa shape index (κ2) is 23.5. The minimum atomic E-state index is 0.153. The van der Waals surface area contributed by atoms with Gasteiger partial charge in [-0.15, -0.1) is 0 Å². The van der Waals surface area contributed by atoms with Crippen molar-refractivity contribution in [3.8, 4) is 0 Å². The SMILES string of the molecule is CCC=CCC=CCC=CCC=CCC=CCCCC(=O)NCCSCCN. The van der Waals surface area contributed by atoms with Gasteiger partial charge in [-0.05, 0) is 44.9 Å². The molecule has 0 fully saturated rings. The molecule has 0 heterocycles. The van der Waals surface area contributed by atoms with Crippen molar-refractivity contribution in [2.45, 2.75) is 58.3 Å². The number of nitrogens with one attached hydrogen (secondary N) is 1. The quantitative estimate of drug-likeness (QED) is 0.227. The summed E-state index contributed by atoms with van der Waals surface area (Å²) < 4.78 is 0. The maximum absolute atomic E-state index is 11.6. The van der Waals surface area contributed by atoms with Gasteiger partial charge in [0.15, 0.2) is 0 Å². The fourth-order valence-corrected chi connectivity index (χ4v) is 2.90. The molecule has 158 valence electrons. The molecular formula is C24H40N2OS. The summed E-state index contributed by atoms with van der Waals surface area (Å²) in [7, 11) is 0. The first-order valence-electron chi connectivity index (χ1n) is 10.6. The highest BCUT2D eigenvalue weighted by molar-refractivity contribution is 7.99. The second-order valence-corrected chi connectivity index (χ2v) is 7.58. The average Bonchev–Trinajstić information content (AvgIpc) is 2.70. The van der Waals surface area contributed by atoms with E-state index in [2.05, 4.69) is 73.0 Å². The van der Waals surface area contributed by atoms with E-state index in [1.807, 2.05) is 0 Å². The third-order valence-corrected chi connectivity index (χ3v) is 4.78. The number of carbonyl (C=O) groups excluding carboxylic acids is 1. The molecule has 0 atom stereocenters. The summed E-state index contributed by atoms with van der Waals surface area (Å²) in [5.41, 5.74) is 5.42. The van der Waals surface area contributed by atoms with E-state index in [1.54, 1.807) is 11.8 Å². The number of nitrogens with two attached hydrogens (primary N) is 1. The lowest BCUT2D eigenvalue weighted by Gasteiger charge is -2.03. The number of hydrogen-bond acceptors (Lipinski definition) is 3. The summed E-state index contributed by atoms with van der Waals surface area (Å²) in [6.07, 6.45) is 29.6. The van der Waals surface area contributed by atoms with Crippen LogP contribution in [0.25, 0.3) is 0 Å². The molecule has 1 amide bonds. The highest BCUT2D eigenvalue weighted by atomic mass is 32.2. The third-order valence-electron chi connectivity index (χ3n) is 3.76. The Bertz CT molecular complexity index is 493. The topological polar surface area (TPSA) is 55.1 Å². The van der Waals surface area contributed by atoms with Crippen molar-refractivity contribution in [3.63, 3.8) is 0 Å². The number of hydrogen-bond donors (Lipinski definition) is 2. The predicted molar refractivity (Wildman–Crippen MR) is 128 cm³/mol. The summed E-state index contributed by atoms with van der Waals surface area (Å²) in [5, 5.41) is 2.95. The van der Waals surface area contributed by atoms with Gasteiger partial charge in [-0.1, -0.05) is 67.7 Å². The molecule has 0 saturated carbocycles. The fraction of sp³-hybridized carbons (Fsp3) is 0.542. The number of rotatable bonds is 18. The van der Waals surface area contributed by atoms with Crippen LogP contribution < -0.4 is 11.1 Å². The molecule has 0 aromatic carbocycles. The molecule has 0 rings (SSSR count). The fourth-order valence-electron chi connectivity index (χ4n) is 2.29. The standard InChI is InChI=1S/C24H40N2OS/c1-2-3-4-5-6-7-8-9-10-11-12-13-14-15-16-17-18-19-24(27)26-21-23-28-22-20-25/h3-4,6-7,9-10,12-13,15-16H,2,5,8,11,14,17-23,25H2,1H3,(H,26,27). The van der Waals surface area contributed by atoms with E-state index in [0.717, 1.165) is 63.0 Å². The Hall–Kier alpha value is -1.52. The Morgan fingerprint density at radius 3 is 1.89 bits per heavy atom. The van der Waals surface area contributed by atoms with Gasteiger partial charge in [-0.3, -0.25) is 4.79 Å². The van der Waals surface area contributed by atoms with E-state index in [-0.39, 0.29) is 5.91 Å². The van der Waals surface area contributed by atoms with Crippen LogP contribution in [0, 0.1) is 0 Å². The second-order valence-electron chi connectivity index (χ2n) is 6.35. The Balaban J connectivity index is 3.47. The average molecular weight is 405 g/mol. The molecule has 0 aromatic heterocycles. The van der Waals surface area contributed by atoms with Crippen molar-refractivity contribution in [1.29, 1.82) is 0 Å². The van der Waals surface area contributed by atoms with Gasteiger partial charge in [0.1, 0.15) is 0 Å². The lowest BCUT2D eigenvalue weighted by molar-refractivity contribution is -0.121. The molecule has 0 bridgehead atoms. The molecule has 0 saturated heterocycles. The molecule has 0 aliphatic heterocycles. The van der Waals surface area contributed by atoms with Crippen LogP contribution in [0.4, 0.5) is 0 Å². The van der Waals surface area contributed by atoms with E-state index in [0.29, 0.717) is 13.0 Å². The smallest absolute Gasteiger partial charge is 0.220 e. The Labute approximate surface area is 177 Å². The zero-order chi connectivity index (χ0) is 20.5. The largest absolute Gasteiger partial charge is 0.355 e. The molecule has 0 aliphatic rings. The van der Waals surface area contributed by atoms with E-state index in [9.17, 15) is 4.79 Å². The van der Waals surface area contributed by atoms with Crippen molar-refractivity contribution < 1.29 is 4.79 Å². The Kier molecular flexibility index (Phi) is 22.2. The van der Waals surface area contributed by atoms with Crippen LogP contribution in [-0.2, 0) is 4.79 Å². The first-order valence-corrected chi connectivity index (χ1v) is 11.8. The number of allylic oxidation sites excluding steroid dienone is 10. The van der Waals surface area contributed by atoms with Gasteiger partial charge in [0.05, 0.1) is 0 Å². The van der Waals surface area contributed by atoms with Crippen LogP contribution in [0.1, 0.15) is 58.3 Å². The van der Waals surface area contributed by atoms with Crippen molar-refractivity contribution >= 4 is 17.7 Å². The van der Waals surface area contributed by atoms with Crippen LogP contribution >= 0.6 is 11.8 Å². The van der Waals surface area contributed by atoms with E-state index >= 15 is 0 Å². The zero-order valence-electron chi connectivity index (χ0n) is 17.7. The molecule has 3 N–H and O–H groups in total. The van der Waals surface area contributed by atoms with Crippen LogP contribution in [0.3, 0.4) is 0 Å².